The maximum Gasteiger partial charge on any atom is 0.360 e. The van der Waals surface area contributed by atoms with E-state index in [1.807, 2.05) is 0 Å². The second-order valence-corrected chi connectivity index (χ2v) is 5.20. The summed E-state index contributed by atoms with van der Waals surface area (Å²) in [6, 6.07) is 4.35. The van der Waals surface area contributed by atoms with E-state index in [9.17, 15) is 19.1 Å². The average molecular weight is 348 g/mol. The molecule has 0 bridgehead atoms. The fourth-order valence-corrected chi connectivity index (χ4v) is 2.30. The van der Waals surface area contributed by atoms with Crippen LogP contribution in [0.15, 0.2) is 18.2 Å². The number of pyridine rings is 1. The highest BCUT2D eigenvalue weighted by Gasteiger charge is 2.22. The first-order valence-corrected chi connectivity index (χ1v) is 7.23. The summed E-state index contributed by atoms with van der Waals surface area (Å²) in [5.74, 6) is -2.61. The van der Waals surface area contributed by atoms with Crippen LogP contribution in [-0.2, 0) is 9.53 Å². The number of ether oxygens (including phenoxy) is 2. The number of rotatable bonds is 4. The Bertz CT molecular complexity index is 851. The van der Waals surface area contributed by atoms with E-state index < -0.39 is 29.1 Å². The fourth-order valence-electron chi connectivity index (χ4n) is 2.30. The number of nitrogens with one attached hydrogen (secondary N) is 1. The van der Waals surface area contributed by atoms with E-state index in [4.69, 9.17) is 4.74 Å². The molecule has 0 spiro atoms. The minimum atomic E-state index is -0.926. The van der Waals surface area contributed by atoms with E-state index in [2.05, 4.69) is 15.0 Å². The Kier molecular flexibility index (Phi) is 5.21. The zero-order valence-corrected chi connectivity index (χ0v) is 14.1. The highest BCUT2D eigenvalue weighted by molar-refractivity contribution is 5.97. The fraction of sp³-hybridized carbons (Fsp3) is 0.235. The van der Waals surface area contributed by atoms with E-state index in [-0.39, 0.29) is 22.7 Å². The molecule has 1 aromatic heterocycles. The summed E-state index contributed by atoms with van der Waals surface area (Å²) in [7, 11) is 2.45. The SMILES string of the molecule is COC(=O)c1nc(-c2ccc(C)c(OC)c2F)cc(NC(C)=O)c1O. The highest BCUT2D eigenvalue weighted by atomic mass is 19.1. The maximum atomic E-state index is 14.7. The summed E-state index contributed by atoms with van der Waals surface area (Å²) in [5.41, 5.74) is 0.120. The molecule has 0 aliphatic rings. The number of hydrogen-bond acceptors (Lipinski definition) is 6. The van der Waals surface area contributed by atoms with Gasteiger partial charge >= 0.3 is 5.97 Å². The van der Waals surface area contributed by atoms with Crippen LogP contribution >= 0.6 is 0 Å². The predicted octanol–water partition coefficient (Wildman–Crippen LogP) is 2.66. The minimum absolute atomic E-state index is 0.0257. The number of esters is 1. The molecule has 0 aliphatic heterocycles. The largest absolute Gasteiger partial charge is 0.504 e. The molecule has 8 heteroatoms. The molecule has 0 saturated carbocycles. The summed E-state index contributed by atoms with van der Waals surface area (Å²) < 4.78 is 24.3. The lowest BCUT2D eigenvalue weighted by atomic mass is 10.1. The Hall–Kier alpha value is -3.16. The third kappa shape index (κ3) is 3.52. The molecule has 0 unspecified atom stereocenters. The lowest BCUT2D eigenvalue weighted by molar-refractivity contribution is -0.114. The van der Waals surface area contributed by atoms with Gasteiger partial charge in [-0.05, 0) is 24.6 Å². The van der Waals surface area contributed by atoms with Crippen LogP contribution < -0.4 is 10.1 Å². The van der Waals surface area contributed by atoms with Crippen LogP contribution in [-0.4, -0.2) is 36.2 Å². The maximum absolute atomic E-state index is 14.7. The van der Waals surface area contributed by atoms with Crippen LogP contribution in [0, 0.1) is 12.7 Å². The molecule has 0 aliphatic carbocycles. The molecule has 1 amide bonds. The molecule has 1 heterocycles. The average Bonchev–Trinajstić information content (AvgIpc) is 2.56. The molecule has 0 atom stereocenters. The van der Waals surface area contributed by atoms with Crippen LogP contribution in [0.25, 0.3) is 11.3 Å². The minimum Gasteiger partial charge on any atom is -0.504 e. The second-order valence-electron chi connectivity index (χ2n) is 5.20. The summed E-state index contributed by atoms with van der Waals surface area (Å²) in [4.78, 5) is 27.1. The zero-order valence-electron chi connectivity index (χ0n) is 14.1. The molecule has 2 N–H and O–H groups in total. The number of anilines is 1. The molecular weight excluding hydrogens is 331 g/mol. The van der Waals surface area contributed by atoms with Crippen molar-refractivity contribution in [3.05, 3.63) is 35.3 Å². The Labute approximate surface area is 143 Å². The zero-order chi connectivity index (χ0) is 18.7. The Morgan fingerprint density at radius 3 is 2.52 bits per heavy atom. The van der Waals surface area contributed by atoms with Crippen LogP contribution in [0.1, 0.15) is 23.0 Å². The number of aryl methyl sites for hydroxylation is 1. The van der Waals surface area contributed by atoms with Gasteiger partial charge in [-0.1, -0.05) is 6.07 Å². The van der Waals surface area contributed by atoms with Gasteiger partial charge in [0, 0.05) is 12.5 Å². The van der Waals surface area contributed by atoms with Crippen molar-refractivity contribution in [2.24, 2.45) is 0 Å². The first-order valence-electron chi connectivity index (χ1n) is 7.23. The first kappa shape index (κ1) is 18.2. The summed E-state index contributed by atoms with van der Waals surface area (Å²) in [6.45, 7) is 2.91. The van der Waals surface area contributed by atoms with Gasteiger partial charge in [0.15, 0.2) is 23.0 Å². The Balaban J connectivity index is 2.73. The summed E-state index contributed by atoms with van der Waals surface area (Å²) in [5, 5.41) is 12.5. The van der Waals surface area contributed by atoms with Crippen molar-refractivity contribution in [3.63, 3.8) is 0 Å². The topological polar surface area (TPSA) is 97.8 Å². The molecule has 0 radical (unpaired) electrons. The lowest BCUT2D eigenvalue weighted by Crippen LogP contribution is -2.11. The molecular formula is C17H17FN2O5. The molecule has 25 heavy (non-hydrogen) atoms. The van der Waals surface area contributed by atoms with Crippen molar-refractivity contribution in [2.75, 3.05) is 19.5 Å². The van der Waals surface area contributed by atoms with Gasteiger partial charge < -0.3 is 19.9 Å². The molecule has 2 aromatic rings. The predicted molar refractivity (Wildman–Crippen MR) is 88.2 cm³/mol. The van der Waals surface area contributed by atoms with E-state index in [0.29, 0.717) is 5.56 Å². The number of aromatic nitrogens is 1. The third-order valence-corrected chi connectivity index (χ3v) is 3.46. The van der Waals surface area contributed by atoms with Crippen LogP contribution in [0.3, 0.4) is 0 Å². The van der Waals surface area contributed by atoms with Crippen LogP contribution in [0.4, 0.5) is 10.1 Å². The summed E-state index contributed by atoms with van der Waals surface area (Å²) >= 11 is 0. The number of amides is 1. The van der Waals surface area contributed by atoms with Gasteiger partial charge in [0.25, 0.3) is 0 Å². The van der Waals surface area contributed by atoms with Crippen LogP contribution in [0.5, 0.6) is 11.5 Å². The number of hydrogen-bond donors (Lipinski definition) is 2. The third-order valence-electron chi connectivity index (χ3n) is 3.46. The van der Waals surface area contributed by atoms with E-state index in [1.165, 1.54) is 26.2 Å². The van der Waals surface area contributed by atoms with Crippen molar-refractivity contribution in [3.8, 4) is 22.8 Å². The van der Waals surface area contributed by atoms with Gasteiger partial charge in [0.2, 0.25) is 5.91 Å². The number of benzene rings is 1. The molecule has 132 valence electrons. The van der Waals surface area contributed by atoms with Gasteiger partial charge in [-0.15, -0.1) is 0 Å². The number of nitrogens with zero attached hydrogens (tertiary/aromatic N) is 1. The summed E-state index contributed by atoms with van der Waals surface area (Å²) in [6.07, 6.45) is 0. The molecule has 0 fully saturated rings. The standard InChI is InChI=1S/C17H17FN2O5/c1-8-5-6-10(13(18)16(8)24-3)11-7-12(19-9(2)21)15(22)14(20-11)17(23)25-4/h5-7,22H,1-4H3,(H,19,20,21). The van der Waals surface area contributed by atoms with Crippen molar-refractivity contribution >= 4 is 17.6 Å². The molecule has 1 aromatic carbocycles. The van der Waals surface area contributed by atoms with Crippen LogP contribution in [0.2, 0.25) is 0 Å². The second kappa shape index (κ2) is 7.16. The van der Waals surface area contributed by atoms with E-state index in [0.717, 1.165) is 7.11 Å². The number of methoxy groups -OCH3 is 2. The Morgan fingerprint density at radius 1 is 1.28 bits per heavy atom. The Morgan fingerprint density at radius 2 is 1.96 bits per heavy atom. The first-order chi connectivity index (χ1) is 11.8. The monoisotopic (exact) mass is 348 g/mol. The highest BCUT2D eigenvalue weighted by Crippen LogP contribution is 2.35. The van der Waals surface area contributed by atoms with E-state index >= 15 is 0 Å². The number of carbonyl (C=O) groups is 2. The quantitative estimate of drug-likeness (QED) is 0.825. The van der Waals surface area contributed by atoms with Gasteiger partial charge in [-0.25, -0.2) is 14.2 Å². The van der Waals surface area contributed by atoms with Gasteiger partial charge in [-0.3, -0.25) is 4.79 Å². The smallest absolute Gasteiger partial charge is 0.360 e. The molecule has 7 nitrogen and oxygen atoms in total. The lowest BCUT2D eigenvalue weighted by Gasteiger charge is -2.14. The number of halogens is 1. The normalized spacial score (nSPS) is 10.3. The van der Waals surface area contributed by atoms with Crippen molar-refractivity contribution < 1.29 is 28.6 Å². The number of carbonyl (C=O) groups excluding carboxylic acids is 2. The molecule has 2 rings (SSSR count). The molecule has 0 saturated heterocycles. The van der Waals surface area contributed by atoms with Crippen molar-refractivity contribution in [1.82, 2.24) is 4.98 Å². The van der Waals surface area contributed by atoms with Gasteiger partial charge in [0.1, 0.15) is 0 Å². The van der Waals surface area contributed by atoms with E-state index in [1.54, 1.807) is 13.0 Å². The van der Waals surface area contributed by atoms with Gasteiger partial charge in [0.05, 0.1) is 25.6 Å². The van der Waals surface area contributed by atoms with Crippen molar-refractivity contribution in [1.29, 1.82) is 0 Å². The number of aromatic hydroxyl groups is 1. The van der Waals surface area contributed by atoms with Crippen molar-refractivity contribution in [2.45, 2.75) is 13.8 Å². The van der Waals surface area contributed by atoms with Gasteiger partial charge in [-0.2, -0.15) is 0 Å².